The maximum Gasteiger partial charge on any atom is 0.412 e. The van der Waals surface area contributed by atoms with E-state index in [1.54, 1.807) is 13.0 Å². The minimum atomic E-state index is -0.536. The number of nitrogen functional groups attached to an aromatic ring is 1. The first-order valence-electron chi connectivity index (χ1n) is 3.86. The van der Waals surface area contributed by atoms with Crippen molar-refractivity contribution in [1.82, 2.24) is 10.3 Å². The maximum absolute atomic E-state index is 10.9. The number of carbonyl (C=O) groups is 1. The van der Waals surface area contributed by atoms with Crippen LogP contribution in [0.3, 0.4) is 0 Å². The lowest BCUT2D eigenvalue weighted by molar-refractivity contribution is 0.202. The van der Waals surface area contributed by atoms with E-state index in [1.807, 2.05) is 0 Å². The number of hydrogen-bond donors (Lipinski definition) is 2. The highest BCUT2D eigenvalue weighted by Gasteiger charge is 2.09. The van der Waals surface area contributed by atoms with E-state index in [-0.39, 0.29) is 0 Å². The zero-order valence-electron chi connectivity index (χ0n) is 7.80. The summed E-state index contributed by atoms with van der Waals surface area (Å²) in [6.45, 7) is 1.71. The number of ether oxygens (including phenoxy) is 1. The van der Waals surface area contributed by atoms with Crippen molar-refractivity contribution >= 4 is 27.8 Å². The molecule has 0 atom stereocenters. The molecule has 0 saturated heterocycles. The standard InChI is InChI=1S/C8H10BrN3O2/c1-4-6(14-8(13)11-2)3-5(9)7(10)12-4/h3H,1-2H3,(H2,10,12)(H,11,13). The van der Waals surface area contributed by atoms with Crippen LogP contribution in [0.2, 0.25) is 0 Å². The number of amides is 1. The predicted molar refractivity (Wildman–Crippen MR) is 56.2 cm³/mol. The first-order valence-corrected chi connectivity index (χ1v) is 4.66. The summed E-state index contributed by atoms with van der Waals surface area (Å²) in [7, 11) is 1.48. The summed E-state index contributed by atoms with van der Waals surface area (Å²) in [6, 6.07) is 1.60. The highest BCUT2D eigenvalue weighted by molar-refractivity contribution is 9.10. The normalized spacial score (nSPS) is 9.64. The highest BCUT2D eigenvalue weighted by Crippen LogP contribution is 2.25. The van der Waals surface area contributed by atoms with Gasteiger partial charge in [0, 0.05) is 13.1 Å². The van der Waals surface area contributed by atoms with Crippen molar-refractivity contribution in [1.29, 1.82) is 0 Å². The zero-order chi connectivity index (χ0) is 10.7. The van der Waals surface area contributed by atoms with Crippen LogP contribution in [0.4, 0.5) is 10.6 Å². The molecule has 1 aromatic heterocycles. The molecule has 1 rings (SSSR count). The fraction of sp³-hybridized carbons (Fsp3) is 0.250. The molecule has 0 aliphatic carbocycles. The van der Waals surface area contributed by atoms with Crippen LogP contribution < -0.4 is 15.8 Å². The Morgan fingerprint density at radius 3 is 2.93 bits per heavy atom. The van der Waals surface area contributed by atoms with Crippen LogP contribution in [-0.4, -0.2) is 18.1 Å². The lowest BCUT2D eigenvalue weighted by Crippen LogP contribution is -2.22. The van der Waals surface area contributed by atoms with Gasteiger partial charge in [-0.25, -0.2) is 9.78 Å². The van der Waals surface area contributed by atoms with E-state index in [4.69, 9.17) is 10.5 Å². The SMILES string of the molecule is CNC(=O)Oc1cc(Br)c(N)nc1C. The van der Waals surface area contributed by atoms with Gasteiger partial charge in [-0.2, -0.15) is 0 Å². The van der Waals surface area contributed by atoms with Crippen LogP contribution in [-0.2, 0) is 0 Å². The van der Waals surface area contributed by atoms with Crippen molar-refractivity contribution in [3.05, 3.63) is 16.2 Å². The first kappa shape index (κ1) is 10.8. The second-order valence-corrected chi connectivity index (χ2v) is 3.43. The molecule has 0 aliphatic rings. The van der Waals surface area contributed by atoms with E-state index in [0.717, 1.165) is 0 Å². The number of nitrogens with zero attached hydrogens (tertiary/aromatic N) is 1. The third-order valence-corrected chi connectivity index (χ3v) is 2.19. The highest BCUT2D eigenvalue weighted by atomic mass is 79.9. The molecular formula is C8H10BrN3O2. The van der Waals surface area contributed by atoms with Gasteiger partial charge in [0.15, 0.2) is 5.75 Å². The Bertz CT molecular complexity index is 368. The van der Waals surface area contributed by atoms with Gasteiger partial charge in [-0.3, -0.25) is 0 Å². The van der Waals surface area contributed by atoms with Crippen molar-refractivity contribution in [3.8, 4) is 5.75 Å². The molecule has 0 fully saturated rings. The smallest absolute Gasteiger partial charge is 0.408 e. The van der Waals surface area contributed by atoms with Crippen LogP contribution in [0.5, 0.6) is 5.75 Å². The third-order valence-electron chi connectivity index (χ3n) is 1.55. The van der Waals surface area contributed by atoms with Gasteiger partial charge < -0.3 is 15.8 Å². The molecule has 0 unspecified atom stereocenters. The van der Waals surface area contributed by atoms with Crippen molar-refractivity contribution < 1.29 is 9.53 Å². The molecule has 6 heteroatoms. The fourth-order valence-corrected chi connectivity index (χ4v) is 1.13. The third kappa shape index (κ3) is 2.35. The Morgan fingerprint density at radius 2 is 2.36 bits per heavy atom. The lowest BCUT2D eigenvalue weighted by Gasteiger charge is -2.07. The van der Waals surface area contributed by atoms with Gasteiger partial charge in [0.1, 0.15) is 5.82 Å². The lowest BCUT2D eigenvalue weighted by atomic mass is 10.3. The summed E-state index contributed by atoms with van der Waals surface area (Å²) in [5.41, 5.74) is 6.10. The van der Waals surface area contributed by atoms with Crippen molar-refractivity contribution in [2.24, 2.45) is 0 Å². The van der Waals surface area contributed by atoms with Gasteiger partial charge in [-0.15, -0.1) is 0 Å². The van der Waals surface area contributed by atoms with Gasteiger partial charge in [0.25, 0.3) is 0 Å². The second-order valence-electron chi connectivity index (χ2n) is 2.58. The molecule has 0 radical (unpaired) electrons. The maximum atomic E-state index is 10.9. The average Bonchev–Trinajstić information content (AvgIpc) is 2.14. The van der Waals surface area contributed by atoms with E-state index in [2.05, 4.69) is 26.2 Å². The number of rotatable bonds is 1. The Hall–Kier alpha value is -1.30. The number of hydrogen-bond acceptors (Lipinski definition) is 4. The molecule has 0 aromatic carbocycles. The number of nitrogens with one attached hydrogen (secondary N) is 1. The monoisotopic (exact) mass is 259 g/mol. The van der Waals surface area contributed by atoms with Gasteiger partial charge >= 0.3 is 6.09 Å². The molecular weight excluding hydrogens is 250 g/mol. The summed E-state index contributed by atoms with van der Waals surface area (Å²) in [6.07, 6.45) is -0.536. The molecule has 3 N–H and O–H groups in total. The Kier molecular flexibility index (Phi) is 3.29. The molecule has 5 nitrogen and oxygen atoms in total. The molecule has 0 saturated carbocycles. The van der Waals surface area contributed by atoms with Crippen LogP contribution in [0.15, 0.2) is 10.5 Å². The van der Waals surface area contributed by atoms with Gasteiger partial charge in [-0.05, 0) is 22.9 Å². The molecule has 14 heavy (non-hydrogen) atoms. The molecule has 0 spiro atoms. The van der Waals surface area contributed by atoms with Crippen molar-refractivity contribution in [3.63, 3.8) is 0 Å². The summed E-state index contributed by atoms with van der Waals surface area (Å²) in [4.78, 5) is 14.9. The van der Waals surface area contributed by atoms with E-state index < -0.39 is 6.09 Å². The van der Waals surface area contributed by atoms with E-state index in [9.17, 15) is 4.79 Å². The minimum absolute atomic E-state index is 0.367. The van der Waals surface area contributed by atoms with Gasteiger partial charge in [0.05, 0.1) is 10.2 Å². The topological polar surface area (TPSA) is 77.2 Å². The zero-order valence-corrected chi connectivity index (χ0v) is 9.38. The number of aryl methyl sites for hydroxylation is 1. The van der Waals surface area contributed by atoms with Crippen LogP contribution in [0, 0.1) is 6.92 Å². The fourth-order valence-electron chi connectivity index (χ4n) is 0.837. The first-order chi connectivity index (χ1) is 6.54. The number of aromatic nitrogens is 1. The van der Waals surface area contributed by atoms with Gasteiger partial charge in [0.2, 0.25) is 0 Å². The van der Waals surface area contributed by atoms with E-state index >= 15 is 0 Å². The molecule has 0 bridgehead atoms. The van der Waals surface area contributed by atoms with Crippen LogP contribution in [0.1, 0.15) is 5.69 Å². The van der Waals surface area contributed by atoms with E-state index in [0.29, 0.717) is 21.7 Å². The summed E-state index contributed by atoms with van der Waals surface area (Å²) < 4.78 is 5.53. The van der Waals surface area contributed by atoms with Gasteiger partial charge in [-0.1, -0.05) is 0 Å². The largest absolute Gasteiger partial charge is 0.412 e. The van der Waals surface area contributed by atoms with E-state index in [1.165, 1.54) is 7.05 Å². The number of carbonyl (C=O) groups excluding carboxylic acids is 1. The molecule has 1 aromatic rings. The Labute approximate surface area is 89.8 Å². The van der Waals surface area contributed by atoms with Crippen LogP contribution in [0.25, 0.3) is 0 Å². The Morgan fingerprint density at radius 1 is 1.71 bits per heavy atom. The average molecular weight is 260 g/mol. The summed E-state index contributed by atoms with van der Waals surface area (Å²) in [5.74, 6) is 0.747. The minimum Gasteiger partial charge on any atom is -0.408 e. The summed E-state index contributed by atoms with van der Waals surface area (Å²) in [5, 5.41) is 2.34. The van der Waals surface area contributed by atoms with Crippen LogP contribution >= 0.6 is 15.9 Å². The number of halogens is 1. The predicted octanol–water partition coefficient (Wildman–Crippen LogP) is 1.45. The molecule has 1 amide bonds. The van der Waals surface area contributed by atoms with Crippen molar-refractivity contribution in [2.45, 2.75) is 6.92 Å². The quantitative estimate of drug-likeness (QED) is 0.801. The number of pyridine rings is 1. The molecule has 76 valence electrons. The van der Waals surface area contributed by atoms with Crippen molar-refractivity contribution in [2.75, 3.05) is 12.8 Å². The summed E-state index contributed by atoms with van der Waals surface area (Å²) >= 11 is 3.19. The Balaban J connectivity index is 2.98. The second kappa shape index (κ2) is 4.28. The molecule has 1 heterocycles. The number of nitrogens with two attached hydrogens (primary N) is 1. The molecule has 0 aliphatic heterocycles. The number of anilines is 1.